The fraction of sp³-hybridized carbons (Fsp3) is 0.615. The van der Waals surface area contributed by atoms with Gasteiger partial charge in [0.1, 0.15) is 17.5 Å². The molecule has 0 radical (unpaired) electrons. The average molecular weight is 694 g/mol. The third-order valence-electron chi connectivity index (χ3n) is 9.57. The maximum absolute atomic E-state index is 13.8. The summed E-state index contributed by atoms with van der Waals surface area (Å²) in [4.78, 5) is 43.5. The monoisotopic (exact) mass is 693 g/mol. The molecule has 1 saturated heterocycles. The van der Waals surface area contributed by atoms with E-state index in [1.807, 2.05) is 43.0 Å². The number of carbonyl (C=O) groups excluding carboxylic acids is 3. The average Bonchev–Trinajstić information content (AvgIpc) is 3.12. The van der Waals surface area contributed by atoms with Gasteiger partial charge in [0.25, 0.3) is 5.91 Å². The van der Waals surface area contributed by atoms with Gasteiger partial charge in [0.05, 0.1) is 19.3 Å². The lowest BCUT2D eigenvalue weighted by Crippen LogP contribution is -2.58. The molecular weight excluding hydrogens is 634 g/mol. The Bertz CT molecular complexity index is 1330. The molecule has 4 rings (SSSR count). The molecule has 5 N–H and O–H groups in total. The zero-order valence-corrected chi connectivity index (χ0v) is 30.3. The summed E-state index contributed by atoms with van der Waals surface area (Å²) in [7, 11) is 0. The van der Waals surface area contributed by atoms with Crippen molar-refractivity contribution in [3.05, 3.63) is 59.7 Å². The summed E-state index contributed by atoms with van der Waals surface area (Å²) >= 11 is 0. The second-order valence-corrected chi connectivity index (χ2v) is 14.2. The molecule has 1 heterocycles. The SMILES string of the molecule is CCCCN1CCN(Cc2ccc(Oc3ccc(C(=O)NCC(C)COCC(C)N)cc3)cc2)CCC(=O)N[C@H]([C@H](O)C2CCCCC2)C1=O. The molecule has 50 heavy (non-hydrogen) atoms. The van der Waals surface area contributed by atoms with Crippen molar-refractivity contribution in [2.24, 2.45) is 17.6 Å². The fourth-order valence-electron chi connectivity index (χ4n) is 6.57. The van der Waals surface area contributed by atoms with E-state index in [1.165, 1.54) is 0 Å². The van der Waals surface area contributed by atoms with Gasteiger partial charge in [-0.25, -0.2) is 0 Å². The van der Waals surface area contributed by atoms with Crippen LogP contribution in [0.2, 0.25) is 0 Å². The summed E-state index contributed by atoms with van der Waals surface area (Å²) in [5, 5.41) is 17.1. The molecule has 1 aliphatic carbocycles. The number of nitrogens with one attached hydrogen (secondary N) is 2. The molecule has 11 heteroatoms. The quantitative estimate of drug-likeness (QED) is 0.202. The van der Waals surface area contributed by atoms with Crippen LogP contribution in [0.3, 0.4) is 0 Å². The predicted molar refractivity (Wildman–Crippen MR) is 195 cm³/mol. The summed E-state index contributed by atoms with van der Waals surface area (Å²) in [6.45, 7) is 10.5. The summed E-state index contributed by atoms with van der Waals surface area (Å²) in [6.07, 6.45) is 6.27. The van der Waals surface area contributed by atoms with Gasteiger partial charge in [-0.1, -0.05) is 51.7 Å². The van der Waals surface area contributed by atoms with Crippen LogP contribution in [0.1, 0.15) is 88.1 Å². The Balaban J connectivity index is 1.30. The van der Waals surface area contributed by atoms with Crippen LogP contribution in [-0.4, -0.2) is 96.8 Å². The minimum Gasteiger partial charge on any atom is -0.457 e. The molecule has 1 saturated carbocycles. The van der Waals surface area contributed by atoms with Gasteiger partial charge >= 0.3 is 0 Å². The number of unbranched alkanes of at least 4 members (excludes halogenated alkanes) is 1. The second-order valence-electron chi connectivity index (χ2n) is 14.2. The van der Waals surface area contributed by atoms with E-state index < -0.39 is 12.1 Å². The normalized spacial score (nSPS) is 20.1. The first-order valence-electron chi connectivity index (χ1n) is 18.6. The van der Waals surface area contributed by atoms with Crippen molar-refractivity contribution in [3.8, 4) is 11.5 Å². The highest BCUT2D eigenvalue weighted by Crippen LogP contribution is 2.29. The van der Waals surface area contributed by atoms with Gasteiger partial charge in [0.2, 0.25) is 11.8 Å². The number of benzene rings is 2. The van der Waals surface area contributed by atoms with E-state index in [1.54, 1.807) is 24.3 Å². The van der Waals surface area contributed by atoms with E-state index in [-0.39, 0.29) is 42.0 Å². The van der Waals surface area contributed by atoms with Crippen LogP contribution in [-0.2, 0) is 20.9 Å². The van der Waals surface area contributed by atoms with Crippen LogP contribution in [0.4, 0.5) is 0 Å². The van der Waals surface area contributed by atoms with Gasteiger partial charge in [0.15, 0.2) is 0 Å². The second kappa shape index (κ2) is 20.4. The van der Waals surface area contributed by atoms with Crippen LogP contribution in [0, 0.1) is 11.8 Å². The summed E-state index contributed by atoms with van der Waals surface area (Å²) < 4.78 is 11.6. The molecule has 0 spiro atoms. The van der Waals surface area contributed by atoms with Crippen molar-refractivity contribution in [1.82, 2.24) is 20.4 Å². The molecule has 2 unspecified atom stereocenters. The number of hydrogen-bond acceptors (Lipinski definition) is 8. The summed E-state index contributed by atoms with van der Waals surface area (Å²) in [5.74, 6) is 0.982. The first-order valence-corrected chi connectivity index (χ1v) is 18.6. The molecule has 2 aromatic rings. The Labute approximate surface area is 298 Å². The van der Waals surface area contributed by atoms with Gasteiger partial charge in [-0.3, -0.25) is 19.3 Å². The third kappa shape index (κ3) is 12.7. The van der Waals surface area contributed by atoms with E-state index >= 15 is 0 Å². The first kappa shape index (κ1) is 39.3. The Hall–Kier alpha value is -3.51. The number of hydrogen-bond donors (Lipinski definition) is 4. The largest absolute Gasteiger partial charge is 0.457 e. The van der Waals surface area contributed by atoms with Gasteiger partial charge in [-0.05, 0) is 80.0 Å². The lowest BCUT2D eigenvalue weighted by molar-refractivity contribution is -0.142. The highest BCUT2D eigenvalue weighted by molar-refractivity contribution is 5.94. The minimum absolute atomic E-state index is 0.0118. The highest BCUT2D eigenvalue weighted by atomic mass is 16.5. The molecule has 0 aromatic heterocycles. The zero-order valence-electron chi connectivity index (χ0n) is 30.3. The van der Waals surface area contributed by atoms with Gasteiger partial charge in [-0.15, -0.1) is 0 Å². The van der Waals surface area contributed by atoms with Gasteiger partial charge < -0.3 is 35.8 Å². The molecule has 3 amide bonds. The lowest BCUT2D eigenvalue weighted by Gasteiger charge is -2.37. The lowest BCUT2D eigenvalue weighted by atomic mass is 9.82. The van der Waals surface area contributed by atoms with Crippen LogP contribution in [0.25, 0.3) is 0 Å². The van der Waals surface area contributed by atoms with Crippen LogP contribution in [0.15, 0.2) is 48.5 Å². The van der Waals surface area contributed by atoms with Crippen molar-refractivity contribution in [3.63, 3.8) is 0 Å². The Morgan fingerprint density at radius 1 is 0.980 bits per heavy atom. The van der Waals surface area contributed by atoms with E-state index in [2.05, 4.69) is 22.5 Å². The molecular formula is C39H59N5O6. The van der Waals surface area contributed by atoms with E-state index in [0.29, 0.717) is 69.5 Å². The van der Waals surface area contributed by atoms with Crippen LogP contribution in [0.5, 0.6) is 11.5 Å². The first-order chi connectivity index (χ1) is 24.1. The number of rotatable bonds is 16. The number of nitrogens with zero attached hydrogens (tertiary/aromatic N) is 2. The summed E-state index contributed by atoms with van der Waals surface area (Å²) in [5.41, 5.74) is 7.33. The third-order valence-corrected chi connectivity index (χ3v) is 9.57. The van der Waals surface area contributed by atoms with Crippen molar-refractivity contribution < 1.29 is 29.0 Å². The Kier molecular flexibility index (Phi) is 16.0. The fourth-order valence-corrected chi connectivity index (χ4v) is 6.57. The number of aliphatic hydroxyl groups is 1. The molecule has 4 atom stereocenters. The predicted octanol–water partition coefficient (Wildman–Crippen LogP) is 4.47. The number of ether oxygens (including phenoxy) is 2. The molecule has 0 bridgehead atoms. The Morgan fingerprint density at radius 2 is 1.66 bits per heavy atom. The maximum atomic E-state index is 13.8. The van der Waals surface area contributed by atoms with Crippen molar-refractivity contribution in [2.45, 2.75) is 96.9 Å². The van der Waals surface area contributed by atoms with Crippen molar-refractivity contribution >= 4 is 17.7 Å². The van der Waals surface area contributed by atoms with Crippen molar-refractivity contribution in [2.75, 3.05) is 45.9 Å². The standard InChI is InChI=1S/C39H59N5O6/c1-4-5-20-44-23-22-43(21-19-35(45)42-36(39(44)48)37(46)31-9-7-6-8-10-31)25-30-11-15-33(16-12-30)50-34-17-13-32(14-18-34)38(47)41-24-28(2)26-49-27-29(3)40/h11-18,28-29,31,36-37,46H,4-10,19-27,40H2,1-3H3,(H,41,47)(H,42,45)/t28?,29?,36-,37-/m1/s1. The maximum Gasteiger partial charge on any atom is 0.251 e. The number of nitrogens with two attached hydrogens (primary N) is 1. The minimum atomic E-state index is -0.889. The van der Waals surface area contributed by atoms with Gasteiger partial charge in [-0.2, -0.15) is 0 Å². The molecule has 2 aliphatic rings. The number of carbonyl (C=O) groups is 3. The number of amides is 3. The molecule has 2 fully saturated rings. The number of aliphatic hydroxyl groups excluding tert-OH is 1. The molecule has 11 nitrogen and oxygen atoms in total. The summed E-state index contributed by atoms with van der Waals surface area (Å²) in [6, 6.07) is 14.0. The smallest absolute Gasteiger partial charge is 0.251 e. The zero-order chi connectivity index (χ0) is 35.9. The molecule has 2 aromatic carbocycles. The highest BCUT2D eigenvalue weighted by Gasteiger charge is 2.37. The van der Waals surface area contributed by atoms with E-state index in [4.69, 9.17) is 15.2 Å². The molecule has 276 valence electrons. The van der Waals surface area contributed by atoms with Crippen LogP contribution < -0.4 is 21.1 Å². The topological polar surface area (TPSA) is 146 Å². The van der Waals surface area contributed by atoms with Crippen molar-refractivity contribution in [1.29, 1.82) is 0 Å². The van der Waals surface area contributed by atoms with E-state index in [9.17, 15) is 19.5 Å². The van der Waals surface area contributed by atoms with Crippen LogP contribution >= 0.6 is 0 Å². The van der Waals surface area contributed by atoms with Gasteiger partial charge in [0, 0.05) is 57.3 Å². The van der Waals surface area contributed by atoms with E-state index in [0.717, 1.165) is 50.5 Å². The Morgan fingerprint density at radius 3 is 2.32 bits per heavy atom. The molecule has 1 aliphatic heterocycles.